The fraction of sp³-hybridized carbons (Fsp3) is 0.852. The molecule has 5 fully saturated rings. The average molecular weight is 486 g/mol. The summed E-state index contributed by atoms with van der Waals surface area (Å²) < 4.78 is 0. The standard InChI is InChI=1S/C27H39N3O3S/c31-24-8-7-20(27(33)29-24)21-14-18-13-17(5-6-19(18)26(21)32)16-9-11-30(12-10-16)15-25-28-22-3-1-2-4-23(22)34-25/h16-23H,1-15H2,(H,29,31,33). The molecule has 7 heteroatoms. The number of rotatable bonds is 4. The van der Waals surface area contributed by atoms with Crippen LogP contribution in [-0.2, 0) is 14.4 Å². The first-order valence-electron chi connectivity index (χ1n) is 13.9. The van der Waals surface area contributed by atoms with Crippen LogP contribution in [0.4, 0.5) is 0 Å². The second-order valence-corrected chi connectivity index (χ2v) is 13.2. The molecule has 6 rings (SSSR count). The van der Waals surface area contributed by atoms with E-state index in [1.807, 2.05) is 0 Å². The molecule has 3 saturated carbocycles. The number of Topliss-reactive ketones (excluding diaryl/α,β-unsaturated/α-hetero) is 1. The van der Waals surface area contributed by atoms with Gasteiger partial charge in [-0.05, 0) is 88.6 Å². The first-order valence-corrected chi connectivity index (χ1v) is 14.8. The molecule has 6 aliphatic rings. The molecule has 0 aromatic rings. The molecule has 0 aromatic carbocycles. The molecular formula is C27H39N3O3S. The van der Waals surface area contributed by atoms with Gasteiger partial charge in [0.1, 0.15) is 5.78 Å². The monoisotopic (exact) mass is 485 g/mol. The molecule has 0 aromatic heterocycles. The molecule has 3 aliphatic carbocycles. The molecule has 7 atom stereocenters. The molecule has 2 saturated heterocycles. The molecule has 34 heavy (non-hydrogen) atoms. The minimum Gasteiger partial charge on any atom is -0.299 e. The maximum atomic E-state index is 13.2. The predicted molar refractivity (Wildman–Crippen MR) is 134 cm³/mol. The normalized spacial score (nSPS) is 41.7. The van der Waals surface area contributed by atoms with Gasteiger partial charge in [0.05, 0.1) is 11.1 Å². The fourth-order valence-electron chi connectivity index (χ4n) is 8.14. The number of carbonyl (C=O) groups is 3. The van der Waals surface area contributed by atoms with Gasteiger partial charge in [-0.15, -0.1) is 11.8 Å². The van der Waals surface area contributed by atoms with Gasteiger partial charge in [0.25, 0.3) is 0 Å². The fourth-order valence-corrected chi connectivity index (χ4v) is 9.58. The lowest BCUT2D eigenvalue weighted by atomic mass is 9.69. The van der Waals surface area contributed by atoms with E-state index in [0.29, 0.717) is 30.6 Å². The number of ketones is 1. The zero-order valence-corrected chi connectivity index (χ0v) is 21.1. The molecule has 0 spiro atoms. The largest absolute Gasteiger partial charge is 0.299 e. The second kappa shape index (κ2) is 9.68. The lowest BCUT2D eigenvalue weighted by molar-refractivity contribution is -0.141. The maximum Gasteiger partial charge on any atom is 0.230 e. The number of carbonyl (C=O) groups excluding carboxylic acids is 3. The van der Waals surface area contributed by atoms with E-state index in [4.69, 9.17) is 4.99 Å². The maximum absolute atomic E-state index is 13.2. The van der Waals surface area contributed by atoms with Crippen molar-refractivity contribution in [1.29, 1.82) is 0 Å². The van der Waals surface area contributed by atoms with Crippen LogP contribution in [0, 0.1) is 35.5 Å². The SMILES string of the molecule is O=C1CCC(C2CC3CC(C4CCN(CC5=NC6CCCCC6S5)CC4)CCC3C2=O)C(=O)N1. The number of nitrogens with one attached hydrogen (secondary N) is 1. The van der Waals surface area contributed by atoms with E-state index in [0.717, 1.165) is 42.9 Å². The lowest BCUT2D eigenvalue weighted by Gasteiger charge is -2.40. The molecule has 1 N–H and O–H groups in total. The molecule has 7 unspecified atom stereocenters. The van der Waals surface area contributed by atoms with Gasteiger partial charge in [-0.1, -0.05) is 12.8 Å². The summed E-state index contributed by atoms with van der Waals surface area (Å²) in [5, 5.41) is 4.62. The number of thioether (sulfide) groups is 1. The summed E-state index contributed by atoms with van der Waals surface area (Å²) in [6.07, 6.45) is 13.1. The van der Waals surface area contributed by atoms with Crippen LogP contribution in [0.15, 0.2) is 4.99 Å². The van der Waals surface area contributed by atoms with Crippen LogP contribution < -0.4 is 5.32 Å². The van der Waals surface area contributed by atoms with Crippen LogP contribution in [0.1, 0.15) is 77.0 Å². The van der Waals surface area contributed by atoms with Gasteiger partial charge in [-0.3, -0.25) is 29.6 Å². The van der Waals surface area contributed by atoms with Gasteiger partial charge in [0, 0.05) is 36.0 Å². The summed E-state index contributed by atoms with van der Waals surface area (Å²) in [7, 11) is 0. The summed E-state index contributed by atoms with van der Waals surface area (Å²) >= 11 is 2.07. The van der Waals surface area contributed by atoms with Gasteiger partial charge in [0.15, 0.2) is 0 Å². The van der Waals surface area contributed by atoms with E-state index in [1.165, 1.54) is 63.1 Å². The molecular weight excluding hydrogens is 446 g/mol. The molecule has 0 radical (unpaired) electrons. The molecule has 0 bridgehead atoms. The summed E-state index contributed by atoms with van der Waals surface area (Å²) in [6.45, 7) is 3.42. The second-order valence-electron chi connectivity index (χ2n) is 11.9. The van der Waals surface area contributed by atoms with E-state index in [1.54, 1.807) is 0 Å². The highest BCUT2D eigenvalue weighted by Crippen LogP contribution is 2.50. The van der Waals surface area contributed by atoms with Gasteiger partial charge >= 0.3 is 0 Å². The summed E-state index contributed by atoms with van der Waals surface area (Å²) in [4.78, 5) is 44.8. The van der Waals surface area contributed by atoms with Crippen LogP contribution in [-0.4, -0.2) is 58.5 Å². The predicted octanol–water partition coefficient (Wildman–Crippen LogP) is 3.83. The topological polar surface area (TPSA) is 78.8 Å². The van der Waals surface area contributed by atoms with Crippen molar-refractivity contribution in [3.05, 3.63) is 0 Å². The quantitative estimate of drug-likeness (QED) is 0.613. The Bertz CT molecular complexity index is 867. The third kappa shape index (κ3) is 4.52. The van der Waals surface area contributed by atoms with Crippen molar-refractivity contribution in [1.82, 2.24) is 10.2 Å². The number of hydrogen-bond acceptors (Lipinski definition) is 6. The van der Waals surface area contributed by atoms with Gasteiger partial charge in [0.2, 0.25) is 11.8 Å². The van der Waals surface area contributed by atoms with Crippen molar-refractivity contribution in [2.45, 2.75) is 88.3 Å². The molecule has 3 aliphatic heterocycles. The Hall–Kier alpha value is -1.21. The lowest BCUT2D eigenvalue weighted by Crippen LogP contribution is -2.44. The smallest absolute Gasteiger partial charge is 0.230 e. The number of piperidine rings is 2. The highest BCUT2D eigenvalue weighted by atomic mass is 32.2. The number of nitrogens with zero attached hydrogens (tertiary/aromatic N) is 2. The van der Waals surface area contributed by atoms with Crippen LogP contribution in [0.5, 0.6) is 0 Å². The summed E-state index contributed by atoms with van der Waals surface area (Å²) in [6, 6.07) is 0.597. The molecule has 186 valence electrons. The zero-order valence-electron chi connectivity index (χ0n) is 20.3. The van der Waals surface area contributed by atoms with E-state index in [2.05, 4.69) is 22.0 Å². The Morgan fingerprint density at radius 2 is 1.65 bits per heavy atom. The van der Waals surface area contributed by atoms with E-state index in [9.17, 15) is 14.4 Å². The molecule has 2 amide bonds. The Balaban J connectivity index is 0.996. The van der Waals surface area contributed by atoms with E-state index in [-0.39, 0.29) is 29.6 Å². The zero-order chi connectivity index (χ0) is 23.2. The molecule has 3 heterocycles. The Labute approximate surface area is 207 Å². The minimum absolute atomic E-state index is 0.155. The third-order valence-electron chi connectivity index (χ3n) is 10.0. The van der Waals surface area contributed by atoms with Gasteiger partial charge in [-0.2, -0.15) is 0 Å². The van der Waals surface area contributed by atoms with Crippen molar-refractivity contribution in [2.24, 2.45) is 40.5 Å². The van der Waals surface area contributed by atoms with Crippen LogP contribution in [0.2, 0.25) is 0 Å². The Morgan fingerprint density at radius 1 is 0.824 bits per heavy atom. The van der Waals surface area contributed by atoms with Gasteiger partial charge in [-0.25, -0.2) is 0 Å². The van der Waals surface area contributed by atoms with Crippen molar-refractivity contribution < 1.29 is 14.4 Å². The number of imide groups is 1. The van der Waals surface area contributed by atoms with Crippen LogP contribution >= 0.6 is 11.8 Å². The highest BCUT2D eigenvalue weighted by Gasteiger charge is 2.50. The van der Waals surface area contributed by atoms with Gasteiger partial charge < -0.3 is 0 Å². The van der Waals surface area contributed by atoms with E-state index < -0.39 is 0 Å². The molecule has 6 nitrogen and oxygen atoms in total. The van der Waals surface area contributed by atoms with Crippen LogP contribution in [0.25, 0.3) is 0 Å². The highest BCUT2D eigenvalue weighted by molar-refractivity contribution is 8.14. The number of amides is 2. The number of fused-ring (bicyclic) bond motifs is 2. The average Bonchev–Trinajstić information content (AvgIpc) is 3.39. The number of aliphatic imine (C=N–C) groups is 1. The number of hydrogen-bond donors (Lipinski definition) is 1. The summed E-state index contributed by atoms with van der Waals surface area (Å²) in [5.41, 5.74) is 0. The number of likely N-dealkylation sites (tertiary alicyclic amines) is 1. The Morgan fingerprint density at radius 3 is 2.44 bits per heavy atom. The first-order chi connectivity index (χ1) is 16.5. The Kier molecular flexibility index (Phi) is 6.61. The first kappa shape index (κ1) is 23.2. The van der Waals surface area contributed by atoms with Crippen LogP contribution in [0.3, 0.4) is 0 Å². The minimum atomic E-state index is -0.280. The van der Waals surface area contributed by atoms with Crippen molar-refractivity contribution in [3.63, 3.8) is 0 Å². The van der Waals surface area contributed by atoms with Crippen molar-refractivity contribution >= 4 is 34.4 Å². The third-order valence-corrected chi connectivity index (χ3v) is 11.4. The van der Waals surface area contributed by atoms with E-state index >= 15 is 0 Å². The van der Waals surface area contributed by atoms with Crippen molar-refractivity contribution in [3.8, 4) is 0 Å². The summed E-state index contributed by atoms with van der Waals surface area (Å²) in [5.74, 6) is 1.62. The van der Waals surface area contributed by atoms with Crippen molar-refractivity contribution in [2.75, 3.05) is 19.6 Å².